The molecule has 2 atom stereocenters. The van der Waals surface area contributed by atoms with E-state index in [0.29, 0.717) is 6.61 Å². The molecule has 0 aliphatic carbocycles. The molecule has 1 aromatic heterocycles. The second kappa shape index (κ2) is 8.68. The molecule has 0 aliphatic heterocycles. The monoisotopic (exact) mass is 319 g/mol. The largest absolute Gasteiger partial charge is 0.466 e. The minimum atomic E-state index is -0.238. The third-order valence-electron chi connectivity index (χ3n) is 3.35. The predicted molar refractivity (Wildman–Crippen MR) is 87.7 cm³/mol. The van der Waals surface area contributed by atoms with Crippen LogP contribution in [0.15, 0.2) is 47.8 Å². The Morgan fingerprint density at radius 1 is 1.23 bits per heavy atom. The molecule has 1 aromatic carbocycles. The van der Waals surface area contributed by atoms with Crippen LogP contribution < -0.4 is 5.32 Å². The van der Waals surface area contributed by atoms with Gasteiger partial charge in [-0.1, -0.05) is 36.4 Å². The first-order valence-electron chi connectivity index (χ1n) is 7.35. The van der Waals surface area contributed by atoms with E-state index in [1.165, 1.54) is 0 Å². The highest BCUT2D eigenvalue weighted by molar-refractivity contribution is 7.10. The fourth-order valence-electron chi connectivity index (χ4n) is 2.30. The van der Waals surface area contributed by atoms with Crippen molar-refractivity contribution in [2.45, 2.75) is 25.4 Å². The smallest absolute Gasteiger partial charge is 0.307 e. The zero-order valence-electron chi connectivity index (χ0n) is 12.6. The van der Waals surface area contributed by atoms with Crippen molar-refractivity contribution in [2.75, 3.05) is 13.2 Å². The van der Waals surface area contributed by atoms with Gasteiger partial charge in [0.25, 0.3) is 0 Å². The highest BCUT2D eigenvalue weighted by Gasteiger charge is 2.22. The number of hydrogen-bond donors (Lipinski definition) is 2. The quantitative estimate of drug-likeness (QED) is 0.734. The van der Waals surface area contributed by atoms with Gasteiger partial charge in [-0.25, -0.2) is 0 Å². The van der Waals surface area contributed by atoms with E-state index in [1.54, 1.807) is 18.3 Å². The summed E-state index contributed by atoms with van der Waals surface area (Å²) < 4.78 is 5.05. The van der Waals surface area contributed by atoms with Gasteiger partial charge in [0.2, 0.25) is 0 Å². The van der Waals surface area contributed by atoms with Gasteiger partial charge in [-0.2, -0.15) is 0 Å². The number of thiophene rings is 1. The molecule has 0 bridgehead atoms. The van der Waals surface area contributed by atoms with Crippen LogP contribution in [0.3, 0.4) is 0 Å². The second-order valence-electron chi connectivity index (χ2n) is 4.89. The van der Waals surface area contributed by atoms with E-state index in [9.17, 15) is 9.90 Å². The van der Waals surface area contributed by atoms with Gasteiger partial charge < -0.3 is 9.84 Å². The van der Waals surface area contributed by atoms with Gasteiger partial charge in [0.1, 0.15) is 0 Å². The summed E-state index contributed by atoms with van der Waals surface area (Å²) >= 11 is 1.59. The molecule has 2 N–H and O–H groups in total. The Labute approximate surface area is 134 Å². The van der Waals surface area contributed by atoms with Crippen molar-refractivity contribution in [3.05, 3.63) is 58.3 Å². The summed E-state index contributed by atoms with van der Waals surface area (Å²) in [6.07, 6.45) is 0.248. The molecule has 22 heavy (non-hydrogen) atoms. The first-order chi connectivity index (χ1) is 10.7. The van der Waals surface area contributed by atoms with Crippen LogP contribution in [0.1, 0.15) is 35.9 Å². The van der Waals surface area contributed by atoms with Gasteiger partial charge >= 0.3 is 5.97 Å². The van der Waals surface area contributed by atoms with Crippen LogP contribution in [0, 0.1) is 0 Å². The van der Waals surface area contributed by atoms with Crippen molar-refractivity contribution < 1.29 is 14.6 Å². The average Bonchev–Trinajstić information content (AvgIpc) is 3.07. The van der Waals surface area contributed by atoms with Crippen LogP contribution in [0.4, 0.5) is 0 Å². The van der Waals surface area contributed by atoms with Gasteiger partial charge in [-0.05, 0) is 23.9 Å². The van der Waals surface area contributed by atoms with Gasteiger partial charge in [-0.3, -0.25) is 10.1 Å². The van der Waals surface area contributed by atoms with Crippen LogP contribution >= 0.6 is 11.3 Å². The Balaban J connectivity index is 2.13. The summed E-state index contributed by atoms with van der Waals surface area (Å²) in [5.74, 6) is -0.238. The molecule has 1 heterocycles. The number of carbonyl (C=O) groups excluding carboxylic acids is 1. The Bertz CT molecular complexity index is 557. The van der Waals surface area contributed by atoms with Gasteiger partial charge in [0, 0.05) is 4.88 Å². The lowest BCUT2D eigenvalue weighted by atomic mass is 10.0. The standard InChI is InChI=1S/C17H21NO3S/c1-2-21-17(20)11-14(16-9-6-10-22-16)18-15(12-19)13-7-4-3-5-8-13/h3-10,14-15,18-19H,2,11-12H2,1H3/t14-,15+/m1/s1. The second-order valence-corrected chi connectivity index (χ2v) is 5.87. The van der Waals surface area contributed by atoms with Crippen molar-refractivity contribution in [3.8, 4) is 0 Å². The zero-order chi connectivity index (χ0) is 15.8. The molecule has 0 amide bonds. The molecule has 2 aromatic rings. The SMILES string of the molecule is CCOC(=O)C[C@@H](N[C@@H](CO)c1ccccc1)c1cccs1. The first kappa shape index (κ1) is 16.7. The number of ether oxygens (including phenoxy) is 1. The molecule has 0 aliphatic rings. The summed E-state index contributed by atoms with van der Waals surface area (Å²) in [6, 6.07) is 13.3. The van der Waals surface area contributed by atoms with E-state index in [1.807, 2.05) is 47.8 Å². The maximum Gasteiger partial charge on any atom is 0.307 e. The molecule has 5 heteroatoms. The normalized spacial score (nSPS) is 13.5. The number of benzene rings is 1. The number of esters is 1. The molecule has 118 valence electrons. The highest BCUT2D eigenvalue weighted by Crippen LogP contribution is 2.26. The zero-order valence-corrected chi connectivity index (χ0v) is 13.4. The number of rotatable bonds is 8. The van der Waals surface area contributed by atoms with E-state index in [2.05, 4.69) is 5.32 Å². The minimum Gasteiger partial charge on any atom is -0.466 e. The van der Waals surface area contributed by atoms with Gasteiger partial charge in [-0.15, -0.1) is 11.3 Å². The molecule has 0 saturated heterocycles. The molecule has 0 spiro atoms. The van der Waals surface area contributed by atoms with Gasteiger partial charge in [0.15, 0.2) is 0 Å². The lowest BCUT2D eigenvalue weighted by molar-refractivity contribution is -0.143. The number of aliphatic hydroxyl groups excluding tert-OH is 1. The van der Waals surface area contributed by atoms with Crippen molar-refractivity contribution in [1.29, 1.82) is 0 Å². The molecular formula is C17H21NO3S. The molecule has 0 radical (unpaired) electrons. The van der Waals surface area contributed by atoms with Crippen LogP contribution in [-0.2, 0) is 9.53 Å². The molecular weight excluding hydrogens is 298 g/mol. The first-order valence-corrected chi connectivity index (χ1v) is 8.23. The maximum atomic E-state index is 11.8. The number of hydrogen-bond acceptors (Lipinski definition) is 5. The van der Waals surface area contributed by atoms with Crippen molar-refractivity contribution in [2.24, 2.45) is 0 Å². The lowest BCUT2D eigenvalue weighted by Gasteiger charge is -2.23. The Morgan fingerprint density at radius 2 is 2.00 bits per heavy atom. The minimum absolute atomic E-state index is 0.0330. The predicted octanol–water partition coefficient (Wildman–Crippen LogP) is 3.07. The van der Waals surface area contributed by atoms with Crippen LogP contribution in [0.2, 0.25) is 0 Å². The fourth-order valence-corrected chi connectivity index (χ4v) is 3.09. The lowest BCUT2D eigenvalue weighted by Crippen LogP contribution is -2.30. The molecule has 0 fully saturated rings. The molecule has 2 rings (SSSR count). The van der Waals surface area contributed by atoms with Crippen molar-refractivity contribution in [3.63, 3.8) is 0 Å². The number of aliphatic hydroxyl groups is 1. The summed E-state index contributed by atoms with van der Waals surface area (Å²) in [5.41, 5.74) is 0.996. The molecule has 4 nitrogen and oxygen atoms in total. The summed E-state index contributed by atoms with van der Waals surface area (Å²) in [6.45, 7) is 2.14. The van der Waals surface area contributed by atoms with Crippen molar-refractivity contribution >= 4 is 17.3 Å². The molecule has 0 saturated carbocycles. The van der Waals surface area contributed by atoms with E-state index < -0.39 is 0 Å². The van der Waals surface area contributed by atoms with E-state index >= 15 is 0 Å². The Morgan fingerprint density at radius 3 is 2.59 bits per heavy atom. The maximum absolute atomic E-state index is 11.8. The third kappa shape index (κ3) is 4.66. The average molecular weight is 319 g/mol. The van der Waals surface area contributed by atoms with Crippen molar-refractivity contribution in [1.82, 2.24) is 5.32 Å². The Kier molecular flexibility index (Phi) is 6.58. The topological polar surface area (TPSA) is 58.6 Å². The van der Waals surface area contributed by atoms with Crippen LogP contribution in [0.5, 0.6) is 0 Å². The number of carbonyl (C=O) groups is 1. The fraction of sp³-hybridized carbons (Fsp3) is 0.353. The molecule has 0 unspecified atom stereocenters. The van der Waals surface area contributed by atoms with Crippen LogP contribution in [0.25, 0.3) is 0 Å². The number of nitrogens with one attached hydrogen (secondary N) is 1. The van der Waals surface area contributed by atoms with Crippen LogP contribution in [-0.4, -0.2) is 24.3 Å². The third-order valence-corrected chi connectivity index (χ3v) is 4.34. The highest BCUT2D eigenvalue weighted by atomic mass is 32.1. The Hall–Kier alpha value is -1.69. The summed E-state index contributed by atoms with van der Waals surface area (Å²) in [5, 5.41) is 15.0. The summed E-state index contributed by atoms with van der Waals surface area (Å²) in [4.78, 5) is 12.9. The van der Waals surface area contributed by atoms with E-state index in [4.69, 9.17) is 4.74 Å². The summed E-state index contributed by atoms with van der Waals surface area (Å²) in [7, 11) is 0. The van der Waals surface area contributed by atoms with E-state index in [-0.39, 0.29) is 31.1 Å². The van der Waals surface area contributed by atoms with E-state index in [0.717, 1.165) is 10.4 Å². The van der Waals surface area contributed by atoms with Gasteiger partial charge in [0.05, 0.1) is 31.7 Å².